The summed E-state index contributed by atoms with van der Waals surface area (Å²) in [7, 11) is 1.40. The van der Waals surface area contributed by atoms with E-state index in [1.54, 1.807) is 6.07 Å². The number of likely N-dealkylation sites (tertiary alicyclic amines) is 1. The highest BCUT2D eigenvalue weighted by atomic mass is 16.5. The van der Waals surface area contributed by atoms with Crippen molar-refractivity contribution in [2.24, 2.45) is 0 Å². The van der Waals surface area contributed by atoms with E-state index >= 15 is 0 Å². The van der Waals surface area contributed by atoms with Gasteiger partial charge in [-0.15, -0.1) is 0 Å². The third-order valence-corrected chi connectivity index (χ3v) is 4.53. The molecule has 3 rings (SSSR count). The lowest BCUT2D eigenvalue weighted by Gasteiger charge is -2.27. The van der Waals surface area contributed by atoms with Crippen LogP contribution in [0.1, 0.15) is 42.9 Å². The maximum atomic E-state index is 11.7. The van der Waals surface area contributed by atoms with E-state index in [0.29, 0.717) is 17.6 Å². The Labute approximate surface area is 130 Å². The maximum absolute atomic E-state index is 11.7. The van der Waals surface area contributed by atoms with Crippen LogP contribution in [-0.4, -0.2) is 46.0 Å². The van der Waals surface area contributed by atoms with Crippen molar-refractivity contribution in [1.82, 2.24) is 14.3 Å². The van der Waals surface area contributed by atoms with Gasteiger partial charge in [0.2, 0.25) is 0 Å². The molecule has 5 heteroatoms. The van der Waals surface area contributed by atoms with Gasteiger partial charge in [-0.05, 0) is 45.4 Å². The van der Waals surface area contributed by atoms with Gasteiger partial charge in [-0.3, -0.25) is 4.90 Å². The van der Waals surface area contributed by atoms with E-state index < -0.39 is 0 Å². The van der Waals surface area contributed by atoms with Crippen LogP contribution in [0.2, 0.25) is 0 Å². The Morgan fingerprint density at radius 2 is 2.27 bits per heavy atom. The van der Waals surface area contributed by atoms with Crippen molar-refractivity contribution in [3.05, 3.63) is 35.9 Å². The molecule has 1 saturated heterocycles. The summed E-state index contributed by atoms with van der Waals surface area (Å²) in [6.07, 6.45) is 7.07. The molecule has 118 valence electrons. The Hall–Kier alpha value is -1.88. The molecular weight excluding hydrogens is 278 g/mol. The molecule has 0 aromatic carbocycles. The van der Waals surface area contributed by atoms with Crippen LogP contribution in [0.4, 0.5) is 0 Å². The van der Waals surface area contributed by atoms with Crippen molar-refractivity contribution in [3.63, 3.8) is 0 Å². The van der Waals surface area contributed by atoms with Crippen LogP contribution in [0, 0.1) is 0 Å². The van der Waals surface area contributed by atoms with E-state index in [0.717, 1.165) is 17.8 Å². The molecule has 5 nitrogen and oxygen atoms in total. The van der Waals surface area contributed by atoms with Crippen molar-refractivity contribution in [1.29, 1.82) is 0 Å². The number of methoxy groups -OCH3 is 1. The number of aromatic nitrogens is 2. The molecule has 2 aromatic heterocycles. The molecule has 1 aliphatic heterocycles. The van der Waals surface area contributed by atoms with Gasteiger partial charge in [0.25, 0.3) is 0 Å². The Kier molecular flexibility index (Phi) is 4.16. The molecule has 1 atom stereocenters. The number of hydrogen-bond donors (Lipinski definition) is 0. The molecule has 1 fully saturated rings. The van der Waals surface area contributed by atoms with E-state index in [2.05, 4.69) is 23.7 Å². The fourth-order valence-electron chi connectivity index (χ4n) is 3.40. The molecule has 0 aliphatic carbocycles. The number of hydrogen-bond acceptors (Lipinski definition) is 4. The molecule has 0 amide bonds. The van der Waals surface area contributed by atoms with Gasteiger partial charge in [0.1, 0.15) is 5.82 Å². The summed E-state index contributed by atoms with van der Waals surface area (Å²) in [6, 6.07) is 4.79. The van der Waals surface area contributed by atoms with Crippen LogP contribution in [0.5, 0.6) is 0 Å². The van der Waals surface area contributed by atoms with E-state index in [1.807, 2.05) is 22.9 Å². The third kappa shape index (κ3) is 2.73. The highest BCUT2D eigenvalue weighted by Crippen LogP contribution is 2.23. The molecule has 2 aromatic rings. The molecule has 1 aliphatic rings. The summed E-state index contributed by atoms with van der Waals surface area (Å²) in [5, 5.41) is 0. The molecule has 0 bridgehead atoms. The topological polar surface area (TPSA) is 46.8 Å². The normalized spacial score (nSPS) is 19.2. The van der Waals surface area contributed by atoms with Gasteiger partial charge in [0.15, 0.2) is 0 Å². The number of rotatable bonds is 4. The number of carbonyl (C=O) groups excluding carboxylic acids is 1. The van der Waals surface area contributed by atoms with Crippen LogP contribution in [-0.2, 0) is 11.2 Å². The summed E-state index contributed by atoms with van der Waals surface area (Å²) in [5.74, 6) is 0.699. The smallest absolute Gasteiger partial charge is 0.339 e. The minimum absolute atomic E-state index is 0.314. The highest BCUT2D eigenvalue weighted by molar-refractivity contribution is 5.89. The quantitative estimate of drug-likeness (QED) is 0.814. The highest BCUT2D eigenvalue weighted by Gasteiger charge is 2.27. The van der Waals surface area contributed by atoms with Crippen molar-refractivity contribution >= 4 is 11.5 Å². The number of ether oxygens (including phenoxy) is 1. The predicted octanol–water partition coefficient (Wildman–Crippen LogP) is 2.54. The van der Waals surface area contributed by atoms with Gasteiger partial charge in [-0.2, -0.15) is 0 Å². The first-order valence-electron chi connectivity index (χ1n) is 7.90. The monoisotopic (exact) mass is 301 g/mol. The lowest BCUT2D eigenvalue weighted by molar-refractivity contribution is 0.0600. The molecule has 1 unspecified atom stereocenters. The number of imidazole rings is 1. The Morgan fingerprint density at radius 3 is 3.00 bits per heavy atom. The average molecular weight is 301 g/mol. The Bertz CT molecular complexity index is 678. The number of carbonyl (C=O) groups is 1. The van der Waals surface area contributed by atoms with Crippen LogP contribution >= 0.6 is 0 Å². The lowest BCUT2D eigenvalue weighted by atomic mass is 10.1. The van der Waals surface area contributed by atoms with Gasteiger partial charge >= 0.3 is 5.97 Å². The molecule has 0 radical (unpaired) electrons. The molecule has 3 heterocycles. The summed E-state index contributed by atoms with van der Waals surface area (Å²) in [5.41, 5.74) is 1.57. The standard InChI is InChI=1S/C17H23N3O2/c1-12(2)19-8-4-5-14(19)9-16-18-10-15-7-6-13(11-20(15)16)17(21)22-3/h6-7,10-12,14H,4-5,8-9H2,1-3H3. The van der Waals surface area contributed by atoms with Crippen LogP contribution in [0.15, 0.2) is 24.5 Å². The summed E-state index contributed by atoms with van der Waals surface area (Å²) in [6.45, 7) is 5.66. The van der Waals surface area contributed by atoms with Crippen LogP contribution in [0.3, 0.4) is 0 Å². The number of pyridine rings is 1. The number of fused-ring (bicyclic) bond motifs is 1. The minimum Gasteiger partial charge on any atom is -0.465 e. The Balaban J connectivity index is 1.89. The van der Waals surface area contributed by atoms with E-state index in [9.17, 15) is 4.79 Å². The predicted molar refractivity (Wildman–Crippen MR) is 85.1 cm³/mol. The zero-order valence-electron chi connectivity index (χ0n) is 13.5. The average Bonchev–Trinajstić information content (AvgIpc) is 3.14. The second-order valence-corrected chi connectivity index (χ2v) is 6.21. The van der Waals surface area contributed by atoms with Crippen LogP contribution in [0.25, 0.3) is 5.52 Å². The van der Waals surface area contributed by atoms with Crippen LogP contribution < -0.4 is 0 Å². The third-order valence-electron chi connectivity index (χ3n) is 4.53. The van der Waals surface area contributed by atoms with Gasteiger partial charge in [0.05, 0.1) is 24.4 Å². The SMILES string of the molecule is COC(=O)c1ccc2cnc(CC3CCCN3C(C)C)n2c1. The summed E-state index contributed by atoms with van der Waals surface area (Å²) < 4.78 is 6.82. The zero-order valence-corrected chi connectivity index (χ0v) is 13.5. The van der Waals surface area contributed by atoms with Gasteiger partial charge in [-0.1, -0.05) is 0 Å². The summed E-state index contributed by atoms with van der Waals surface area (Å²) >= 11 is 0. The second-order valence-electron chi connectivity index (χ2n) is 6.21. The number of nitrogens with zero attached hydrogens (tertiary/aromatic N) is 3. The lowest BCUT2D eigenvalue weighted by Crippen LogP contribution is -2.37. The molecule has 0 N–H and O–H groups in total. The van der Waals surface area contributed by atoms with Gasteiger partial charge < -0.3 is 9.14 Å². The van der Waals surface area contributed by atoms with Crippen molar-refractivity contribution in [2.75, 3.05) is 13.7 Å². The largest absolute Gasteiger partial charge is 0.465 e. The summed E-state index contributed by atoms with van der Waals surface area (Å²) in [4.78, 5) is 18.8. The molecule has 0 saturated carbocycles. The van der Waals surface area contributed by atoms with Crippen molar-refractivity contribution in [2.45, 2.75) is 45.2 Å². The fraction of sp³-hybridized carbons (Fsp3) is 0.529. The van der Waals surface area contributed by atoms with Gasteiger partial charge in [-0.25, -0.2) is 9.78 Å². The van der Waals surface area contributed by atoms with Crippen molar-refractivity contribution < 1.29 is 9.53 Å². The van der Waals surface area contributed by atoms with E-state index in [4.69, 9.17) is 4.74 Å². The van der Waals surface area contributed by atoms with Gasteiger partial charge in [0, 0.05) is 24.7 Å². The molecule has 0 spiro atoms. The first-order chi connectivity index (χ1) is 10.6. The number of esters is 1. The minimum atomic E-state index is -0.314. The van der Waals surface area contributed by atoms with Crippen molar-refractivity contribution in [3.8, 4) is 0 Å². The van der Waals surface area contributed by atoms with E-state index in [-0.39, 0.29) is 5.97 Å². The first-order valence-corrected chi connectivity index (χ1v) is 7.90. The second kappa shape index (κ2) is 6.08. The fourth-order valence-corrected chi connectivity index (χ4v) is 3.40. The molecular formula is C17H23N3O2. The molecule has 22 heavy (non-hydrogen) atoms. The first kappa shape index (κ1) is 15.0. The Morgan fingerprint density at radius 1 is 1.45 bits per heavy atom. The van der Waals surface area contributed by atoms with E-state index in [1.165, 1.54) is 26.5 Å². The maximum Gasteiger partial charge on any atom is 0.339 e. The zero-order chi connectivity index (χ0) is 15.7.